The highest BCUT2D eigenvalue weighted by Gasteiger charge is 2.10. The molecule has 0 aliphatic heterocycles. The van der Waals surface area contributed by atoms with Gasteiger partial charge in [-0.05, 0) is 24.3 Å². The largest absolute Gasteiger partial charge is 0.482 e. The number of aliphatic carboxylic acids is 1. The molecule has 2 aromatic carbocycles. The molecule has 116 valence electrons. The lowest BCUT2D eigenvalue weighted by Gasteiger charge is -2.07. The Morgan fingerprint density at radius 1 is 1.09 bits per heavy atom. The van der Waals surface area contributed by atoms with Gasteiger partial charge in [0.2, 0.25) is 11.2 Å². The van der Waals surface area contributed by atoms with Crippen molar-refractivity contribution in [3.63, 3.8) is 0 Å². The van der Waals surface area contributed by atoms with Crippen LogP contribution in [0.2, 0.25) is 0 Å². The Labute approximate surface area is 130 Å². The first kappa shape index (κ1) is 14.6. The number of para-hydroxylation sites is 1. The van der Waals surface area contributed by atoms with Gasteiger partial charge in [0.1, 0.15) is 23.3 Å². The summed E-state index contributed by atoms with van der Waals surface area (Å²) in [5, 5.41) is 8.91. The molecule has 1 N–H and O–H groups in total. The summed E-state index contributed by atoms with van der Waals surface area (Å²) in [6.07, 6.45) is 1.22. The van der Waals surface area contributed by atoms with E-state index in [4.69, 9.17) is 19.0 Å². The van der Waals surface area contributed by atoms with Gasteiger partial charge in [-0.1, -0.05) is 18.2 Å². The van der Waals surface area contributed by atoms with Gasteiger partial charge < -0.3 is 19.0 Å². The smallest absolute Gasteiger partial charge is 0.341 e. The number of benzene rings is 2. The molecule has 0 radical (unpaired) electrons. The number of carboxylic acid groups (broad SMARTS) is 1. The zero-order valence-corrected chi connectivity index (χ0v) is 11.9. The van der Waals surface area contributed by atoms with E-state index >= 15 is 0 Å². The fourth-order valence-electron chi connectivity index (χ4n) is 2.01. The van der Waals surface area contributed by atoms with Crippen molar-refractivity contribution < 1.29 is 23.8 Å². The summed E-state index contributed by atoms with van der Waals surface area (Å²) in [6.45, 7) is -0.467. The predicted molar refractivity (Wildman–Crippen MR) is 82.1 cm³/mol. The molecule has 1 aromatic heterocycles. The van der Waals surface area contributed by atoms with E-state index in [-0.39, 0.29) is 11.2 Å². The van der Waals surface area contributed by atoms with Crippen LogP contribution in [0.4, 0.5) is 0 Å². The molecule has 0 spiro atoms. The third-order valence-corrected chi connectivity index (χ3v) is 3.05. The van der Waals surface area contributed by atoms with Gasteiger partial charge in [-0.3, -0.25) is 4.79 Å². The molecule has 23 heavy (non-hydrogen) atoms. The van der Waals surface area contributed by atoms with E-state index in [1.807, 2.05) is 6.07 Å². The Morgan fingerprint density at radius 2 is 1.87 bits per heavy atom. The first-order valence-corrected chi connectivity index (χ1v) is 6.76. The molecule has 0 aliphatic carbocycles. The van der Waals surface area contributed by atoms with Gasteiger partial charge in [0.05, 0.1) is 5.39 Å². The molecule has 0 unspecified atom stereocenters. The summed E-state index contributed by atoms with van der Waals surface area (Å²) in [5.41, 5.74) is -0.0295. The highest BCUT2D eigenvalue weighted by Crippen LogP contribution is 2.23. The molecule has 6 nitrogen and oxygen atoms in total. The lowest BCUT2D eigenvalue weighted by Crippen LogP contribution is -2.09. The molecule has 0 bridgehead atoms. The van der Waals surface area contributed by atoms with Crippen molar-refractivity contribution in [3.05, 3.63) is 65.0 Å². The zero-order valence-electron chi connectivity index (χ0n) is 11.9. The van der Waals surface area contributed by atoms with E-state index in [1.165, 1.54) is 24.5 Å². The van der Waals surface area contributed by atoms with Gasteiger partial charge in [0, 0.05) is 6.07 Å². The Bertz CT molecular complexity index is 898. The lowest BCUT2D eigenvalue weighted by atomic mass is 10.2. The fourth-order valence-corrected chi connectivity index (χ4v) is 2.01. The Balaban J connectivity index is 1.92. The first-order valence-electron chi connectivity index (χ1n) is 6.76. The van der Waals surface area contributed by atoms with Gasteiger partial charge in [-0.25, -0.2) is 4.79 Å². The molecule has 0 saturated carbocycles. The maximum absolute atomic E-state index is 12.4. The Morgan fingerprint density at radius 3 is 2.61 bits per heavy atom. The predicted octanol–water partition coefficient (Wildman–Crippen LogP) is 3.05. The molecule has 0 fully saturated rings. The molecular weight excluding hydrogens is 300 g/mol. The van der Waals surface area contributed by atoms with Crippen molar-refractivity contribution in [2.75, 3.05) is 6.61 Å². The summed E-state index contributed by atoms with van der Waals surface area (Å²) in [5.74, 6) is -0.179. The molecule has 0 saturated heterocycles. The topological polar surface area (TPSA) is 86.0 Å². The number of carboxylic acids is 1. The van der Waals surface area contributed by atoms with Crippen LogP contribution in [0.3, 0.4) is 0 Å². The Kier molecular flexibility index (Phi) is 3.97. The van der Waals surface area contributed by atoms with Crippen LogP contribution in [-0.4, -0.2) is 17.7 Å². The molecule has 3 rings (SSSR count). The van der Waals surface area contributed by atoms with E-state index in [0.717, 1.165) is 0 Å². The first-order chi connectivity index (χ1) is 11.1. The van der Waals surface area contributed by atoms with Gasteiger partial charge in [-0.15, -0.1) is 0 Å². The van der Waals surface area contributed by atoms with E-state index in [2.05, 4.69) is 0 Å². The minimum atomic E-state index is -1.09. The van der Waals surface area contributed by atoms with Crippen molar-refractivity contribution in [2.24, 2.45) is 0 Å². The Hall–Kier alpha value is -3.28. The van der Waals surface area contributed by atoms with Crippen LogP contribution in [0.1, 0.15) is 0 Å². The minimum Gasteiger partial charge on any atom is -0.482 e. The zero-order chi connectivity index (χ0) is 16.2. The average molecular weight is 312 g/mol. The fraction of sp³-hybridized carbons (Fsp3) is 0.0588. The third kappa shape index (κ3) is 3.32. The van der Waals surface area contributed by atoms with Crippen LogP contribution in [0.15, 0.2) is 64.0 Å². The highest BCUT2D eigenvalue weighted by atomic mass is 16.5. The lowest BCUT2D eigenvalue weighted by molar-refractivity contribution is -0.139. The number of hydrogen-bond donors (Lipinski definition) is 1. The van der Waals surface area contributed by atoms with E-state index in [1.54, 1.807) is 24.3 Å². The standard InChI is InChI=1S/C17H12O6/c18-16(19)10-21-12-6-7-13-14(8-12)22-9-15(17(13)20)23-11-4-2-1-3-5-11/h1-9H,10H2,(H,18,19). The van der Waals surface area contributed by atoms with E-state index in [9.17, 15) is 9.59 Å². The molecule has 3 aromatic rings. The van der Waals surface area contributed by atoms with Crippen molar-refractivity contribution in [1.29, 1.82) is 0 Å². The highest BCUT2D eigenvalue weighted by molar-refractivity contribution is 5.79. The second kappa shape index (κ2) is 6.23. The van der Waals surface area contributed by atoms with Crippen LogP contribution in [-0.2, 0) is 4.79 Å². The summed E-state index contributed by atoms with van der Waals surface area (Å²) in [6, 6.07) is 13.4. The van der Waals surface area contributed by atoms with Crippen LogP contribution in [0.25, 0.3) is 11.0 Å². The average Bonchev–Trinajstić information content (AvgIpc) is 2.56. The van der Waals surface area contributed by atoms with Crippen molar-refractivity contribution in [1.82, 2.24) is 0 Å². The normalized spacial score (nSPS) is 10.4. The van der Waals surface area contributed by atoms with Gasteiger partial charge in [0.15, 0.2) is 6.61 Å². The van der Waals surface area contributed by atoms with Crippen LogP contribution in [0, 0.1) is 0 Å². The van der Waals surface area contributed by atoms with Crippen LogP contribution >= 0.6 is 0 Å². The van der Waals surface area contributed by atoms with Gasteiger partial charge >= 0.3 is 5.97 Å². The van der Waals surface area contributed by atoms with Gasteiger partial charge in [-0.2, -0.15) is 0 Å². The summed E-state index contributed by atoms with van der Waals surface area (Å²) >= 11 is 0. The summed E-state index contributed by atoms with van der Waals surface area (Å²) < 4.78 is 16.0. The van der Waals surface area contributed by atoms with Crippen molar-refractivity contribution >= 4 is 16.9 Å². The number of hydrogen-bond acceptors (Lipinski definition) is 5. The molecule has 6 heteroatoms. The maximum Gasteiger partial charge on any atom is 0.341 e. The molecule has 0 atom stereocenters. The van der Waals surface area contributed by atoms with E-state index < -0.39 is 12.6 Å². The quantitative estimate of drug-likeness (QED) is 0.779. The summed E-state index contributed by atoms with van der Waals surface area (Å²) in [7, 11) is 0. The second-order valence-corrected chi connectivity index (χ2v) is 4.68. The van der Waals surface area contributed by atoms with Crippen molar-refractivity contribution in [2.45, 2.75) is 0 Å². The van der Waals surface area contributed by atoms with E-state index in [0.29, 0.717) is 22.5 Å². The molecule has 1 heterocycles. The monoisotopic (exact) mass is 312 g/mol. The summed E-state index contributed by atoms with van der Waals surface area (Å²) in [4.78, 5) is 22.9. The molecule has 0 amide bonds. The number of carbonyl (C=O) groups is 1. The number of ether oxygens (including phenoxy) is 2. The molecule has 0 aliphatic rings. The number of fused-ring (bicyclic) bond motifs is 1. The minimum absolute atomic E-state index is 0.0721. The third-order valence-electron chi connectivity index (χ3n) is 3.05. The SMILES string of the molecule is O=C(O)COc1ccc2c(=O)c(Oc3ccccc3)coc2c1. The van der Waals surface area contributed by atoms with Crippen molar-refractivity contribution in [3.8, 4) is 17.2 Å². The molecular formula is C17H12O6. The maximum atomic E-state index is 12.4. The van der Waals surface area contributed by atoms with Crippen LogP contribution < -0.4 is 14.9 Å². The van der Waals surface area contributed by atoms with Gasteiger partial charge in [0.25, 0.3) is 0 Å². The number of rotatable bonds is 5. The second-order valence-electron chi connectivity index (χ2n) is 4.68. The van der Waals surface area contributed by atoms with Crippen LogP contribution in [0.5, 0.6) is 17.2 Å².